The minimum Gasteiger partial charge on any atom is -0.439 e. The molecule has 1 amide bonds. The third-order valence-corrected chi connectivity index (χ3v) is 4.83. The molecule has 1 aromatic carbocycles. The largest absolute Gasteiger partial charge is 0.439 e. The number of rotatable bonds is 6. The molecule has 0 bridgehead atoms. The first-order valence-corrected chi connectivity index (χ1v) is 9.06. The van der Waals surface area contributed by atoms with Gasteiger partial charge in [0.2, 0.25) is 5.22 Å². The first-order chi connectivity index (χ1) is 12.9. The fourth-order valence-corrected chi connectivity index (χ4v) is 3.30. The third-order valence-electron chi connectivity index (χ3n) is 4.30. The van der Waals surface area contributed by atoms with Crippen LogP contribution in [0.4, 0.5) is 0 Å². The number of nitrogens with two attached hydrogens (primary N) is 1. The summed E-state index contributed by atoms with van der Waals surface area (Å²) in [6.45, 7) is 2.31. The zero-order chi connectivity index (χ0) is 19.6. The molecular formula is C18H19Cl2N5O2. The molecule has 0 aliphatic heterocycles. The maximum atomic E-state index is 12.6. The van der Waals surface area contributed by atoms with Crippen LogP contribution in [0.25, 0.3) is 11.3 Å². The van der Waals surface area contributed by atoms with Crippen LogP contribution < -0.4 is 11.1 Å². The number of hydrogen-bond donors (Lipinski definition) is 2. The minimum absolute atomic E-state index is 0.0376. The van der Waals surface area contributed by atoms with Gasteiger partial charge in [0.1, 0.15) is 5.69 Å². The Balaban J connectivity index is 1.78. The van der Waals surface area contributed by atoms with Crippen molar-refractivity contribution in [2.24, 2.45) is 12.8 Å². The number of benzene rings is 1. The molecular weight excluding hydrogens is 389 g/mol. The topological polar surface area (TPSA) is 99.0 Å². The molecule has 0 spiro atoms. The zero-order valence-corrected chi connectivity index (χ0v) is 16.4. The number of carbonyl (C=O) groups is 1. The van der Waals surface area contributed by atoms with Gasteiger partial charge in [-0.05, 0) is 36.1 Å². The van der Waals surface area contributed by atoms with Gasteiger partial charge in [-0.15, -0.1) is 5.10 Å². The van der Waals surface area contributed by atoms with Crippen LogP contribution in [0.1, 0.15) is 21.7 Å². The van der Waals surface area contributed by atoms with Crippen LogP contribution in [0.15, 0.2) is 34.7 Å². The lowest BCUT2D eigenvalue weighted by Gasteiger charge is -2.17. The molecule has 0 aliphatic rings. The van der Waals surface area contributed by atoms with Gasteiger partial charge < -0.3 is 15.5 Å². The van der Waals surface area contributed by atoms with Crippen molar-refractivity contribution in [2.75, 3.05) is 6.54 Å². The molecule has 3 rings (SSSR count). The van der Waals surface area contributed by atoms with Gasteiger partial charge in [0.25, 0.3) is 5.91 Å². The lowest BCUT2D eigenvalue weighted by molar-refractivity contribution is 0.0910. The van der Waals surface area contributed by atoms with Gasteiger partial charge in [-0.1, -0.05) is 41.1 Å². The van der Waals surface area contributed by atoms with Crippen molar-refractivity contribution in [2.45, 2.75) is 19.4 Å². The van der Waals surface area contributed by atoms with Crippen LogP contribution >= 0.6 is 23.2 Å². The van der Waals surface area contributed by atoms with Gasteiger partial charge in [0.15, 0.2) is 10.9 Å². The first kappa shape index (κ1) is 19.4. The fourth-order valence-electron chi connectivity index (χ4n) is 2.81. The highest BCUT2D eigenvalue weighted by Crippen LogP contribution is 2.34. The molecule has 2 aromatic heterocycles. The van der Waals surface area contributed by atoms with E-state index in [0.29, 0.717) is 24.2 Å². The molecule has 0 saturated heterocycles. The number of halogens is 2. The maximum absolute atomic E-state index is 12.6. The van der Waals surface area contributed by atoms with Crippen molar-refractivity contribution >= 4 is 29.1 Å². The molecule has 0 saturated carbocycles. The van der Waals surface area contributed by atoms with E-state index in [1.54, 1.807) is 7.05 Å². The third kappa shape index (κ3) is 4.16. The highest BCUT2D eigenvalue weighted by atomic mass is 35.5. The van der Waals surface area contributed by atoms with Crippen molar-refractivity contribution in [3.05, 3.63) is 57.6 Å². The summed E-state index contributed by atoms with van der Waals surface area (Å²) in [6.07, 6.45) is 0.619. The number of aryl methyl sites for hydroxylation is 2. The number of carbonyl (C=O) groups excluding carboxylic acids is 1. The Kier molecular flexibility index (Phi) is 5.84. The summed E-state index contributed by atoms with van der Waals surface area (Å²) in [5.41, 5.74) is 9.03. The summed E-state index contributed by atoms with van der Waals surface area (Å²) < 4.78 is 6.87. The van der Waals surface area contributed by atoms with Gasteiger partial charge in [0.05, 0.1) is 5.56 Å². The fraction of sp³-hybridized carbons (Fsp3) is 0.278. The van der Waals surface area contributed by atoms with Crippen LogP contribution in [0.3, 0.4) is 0 Å². The normalized spacial score (nSPS) is 12.2. The van der Waals surface area contributed by atoms with Gasteiger partial charge in [-0.3, -0.25) is 4.79 Å². The second-order valence-electron chi connectivity index (χ2n) is 6.19. The molecule has 27 heavy (non-hydrogen) atoms. The molecule has 9 heteroatoms. The van der Waals surface area contributed by atoms with E-state index < -0.39 is 5.91 Å². The van der Waals surface area contributed by atoms with Crippen molar-refractivity contribution in [1.29, 1.82) is 0 Å². The van der Waals surface area contributed by atoms with Crippen LogP contribution in [0.5, 0.6) is 0 Å². The van der Waals surface area contributed by atoms with E-state index in [2.05, 4.69) is 15.6 Å². The molecule has 7 nitrogen and oxygen atoms in total. The molecule has 2 heterocycles. The number of furan rings is 1. The summed E-state index contributed by atoms with van der Waals surface area (Å²) in [5, 5.41) is 10.7. The van der Waals surface area contributed by atoms with E-state index in [9.17, 15) is 4.79 Å². The molecule has 0 fully saturated rings. The number of amides is 1. The Morgan fingerprint density at radius 2 is 2.11 bits per heavy atom. The average molecular weight is 408 g/mol. The summed E-state index contributed by atoms with van der Waals surface area (Å²) >= 11 is 12.2. The lowest BCUT2D eigenvalue weighted by atomic mass is 10.0. The minimum atomic E-state index is -0.404. The summed E-state index contributed by atoms with van der Waals surface area (Å²) in [6, 6.07) is 9.25. The van der Waals surface area contributed by atoms with Gasteiger partial charge >= 0.3 is 0 Å². The second kappa shape index (κ2) is 8.12. The number of aromatic nitrogens is 3. The van der Waals surface area contributed by atoms with Gasteiger partial charge in [0, 0.05) is 25.7 Å². The van der Waals surface area contributed by atoms with Crippen LogP contribution in [0.2, 0.25) is 10.4 Å². The van der Waals surface area contributed by atoms with Gasteiger partial charge in [-0.25, -0.2) is 4.68 Å². The van der Waals surface area contributed by atoms with Crippen molar-refractivity contribution in [3.63, 3.8) is 0 Å². The standard InChI is InChI=1S/C18H19Cl2N5O2/c1-10-5-3-4-6-11(10)7-12(9-21)22-18(26)14-8-13(17(20)27-14)15-16(19)23-24-25(15)2/h3-6,8,12H,7,9,21H2,1-2H3,(H,22,26)/t12-/m0/s1. The molecule has 1 atom stereocenters. The highest BCUT2D eigenvalue weighted by molar-refractivity contribution is 6.34. The monoisotopic (exact) mass is 407 g/mol. The van der Waals surface area contributed by atoms with E-state index >= 15 is 0 Å². The summed E-state index contributed by atoms with van der Waals surface area (Å²) in [7, 11) is 1.67. The Bertz CT molecular complexity index is 947. The quantitative estimate of drug-likeness (QED) is 0.654. The molecule has 0 unspecified atom stereocenters. The SMILES string of the molecule is Cc1ccccc1C[C@@H](CN)NC(=O)c1cc(-c2c(Cl)nnn2C)c(Cl)o1. The number of hydrogen-bond acceptors (Lipinski definition) is 5. The number of nitrogens with zero attached hydrogens (tertiary/aromatic N) is 3. The van der Waals surface area contributed by atoms with Crippen LogP contribution in [0, 0.1) is 6.92 Å². The Morgan fingerprint density at radius 3 is 2.74 bits per heavy atom. The lowest BCUT2D eigenvalue weighted by Crippen LogP contribution is -2.41. The van der Waals surface area contributed by atoms with E-state index in [1.165, 1.54) is 10.7 Å². The van der Waals surface area contributed by atoms with Gasteiger partial charge in [-0.2, -0.15) is 0 Å². The molecule has 3 aromatic rings. The number of nitrogens with one attached hydrogen (secondary N) is 1. The van der Waals surface area contributed by atoms with Crippen molar-refractivity contribution < 1.29 is 9.21 Å². The van der Waals surface area contributed by atoms with E-state index in [1.807, 2.05) is 31.2 Å². The van der Waals surface area contributed by atoms with E-state index in [4.69, 9.17) is 33.4 Å². The van der Waals surface area contributed by atoms with E-state index in [-0.39, 0.29) is 22.2 Å². The Labute approximate surface area is 166 Å². The first-order valence-electron chi connectivity index (χ1n) is 8.31. The predicted octanol–water partition coefficient (Wildman–Crippen LogP) is 2.99. The molecule has 0 radical (unpaired) electrons. The summed E-state index contributed by atoms with van der Waals surface area (Å²) in [5.74, 6) is -0.339. The predicted molar refractivity (Wildman–Crippen MR) is 104 cm³/mol. The Hall–Kier alpha value is -2.35. The Morgan fingerprint density at radius 1 is 1.37 bits per heavy atom. The molecule has 0 aliphatic carbocycles. The smallest absolute Gasteiger partial charge is 0.287 e. The van der Waals surface area contributed by atoms with Crippen molar-refractivity contribution in [1.82, 2.24) is 20.3 Å². The van der Waals surface area contributed by atoms with E-state index in [0.717, 1.165) is 11.1 Å². The molecule has 142 valence electrons. The maximum Gasteiger partial charge on any atom is 0.287 e. The highest BCUT2D eigenvalue weighted by Gasteiger charge is 2.23. The van der Waals surface area contributed by atoms with Crippen LogP contribution in [-0.2, 0) is 13.5 Å². The van der Waals surface area contributed by atoms with Crippen molar-refractivity contribution in [3.8, 4) is 11.3 Å². The zero-order valence-electron chi connectivity index (χ0n) is 14.9. The second-order valence-corrected chi connectivity index (χ2v) is 6.89. The summed E-state index contributed by atoms with van der Waals surface area (Å²) in [4.78, 5) is 12.6. The molecule has 3 N–H and O–H groups in total. The average Bonchev–Trinajstić information content (AvgIpc) is 3.18. The van der Waals surface area contributed by atoms with Crippen LogP contribution in [-0.4, -0.2) is 33.5 Å².